The highest BCUT2D eigenvalue weighted by atomic mass is 32.1. The second-order valence-corrected chi connectivity index (χ2v) is 9.30. The molecule has 2 heterocycles. The molecule has 2 aromatic heterocycles. The fourth-order valence-corrected chi connectivity index (χ4v) is 5.13. The van der Waals surface area contributed by atoms with Gasteiger partial charge in [-0.15, -0.1) is 11.3 Å². The molecule has 0 aromatic carbocycles. The number of nitrogens with zero attached hydrogens (tertiary/aromatic N) is 1. The minimum atomic E-state index is -0.335. The summed E-state index contributed by atoms with van der Waals surface area (Å²) in [6, 6.07) is 1.77. The Balaban J connectivity index is 1.51. The van der Waals surface area contributed by atoms with Gasteiger partial charge in [0, 0.05) is 19.0 Å². The van der Waals surface area contributed by atoms with E-state index in [-0.39, 0.29) is 29.0 Å². The lowest BCUT2D eigenvalue weighted by atomic mass is 9.81. The molecular weight excluding hydrogens is 386 g/mol. The number of unbranched alkanes of at least 4 members (excludes halogenated alkanes) is 1. The Kier molecular flexibility index (Phi) is 7.70. The summed E-state index contributed by atoms with van der Waals surface area (Å²) in [4.78, 5) is 40.3. The fourth-order valence-electron chi connectivity index (χ4n) is 4.33. The molecule has 1 fully saturated rings. The van der Waals surface area contributed by atoms with E-state index in [9.17, 15) is 14.4 Å². The lowest BCUT2D eigenvalue weighted by Crippen LogP contribution is -2.39. The van der Waals surface area contributed by atoms with E-state index < -0.39 is 0 Å². The van der Waals surface area contributed by atoms with Crippen molar-refractivity contribution in [2.45, 2.75) is 71.8 Å². The number of fused-ring (bicyclic) bond motifs is 1. The highest BCUT2D eigenvalue weighted by molar-refractivity contribution is 7.17. The minimum absolute atomic E-state index is 0.0599. The van der Waals surface area contributed by atoms with Gasteiger partial charge in [-0.3, -0.25) is 14.2 Å². The number of amides is 1. The van der Waals surface area contributed by atoms with Crippen molar-refractivity contribution in [3.05, 3.63) is 32.3 Å². The summed E-state index contributed by atoms with van der Waals surface area (Å²) in [5.41, 5.74) is 0.0840. The third-order valence-corrected chi connectivity index (χ3v) is 7.26. The number of carbonyl (C=O) groups is 1. The molecule has 0 bridgehead atoms. The second kappa shape index (κ2) is 10.2. The molecule has 1 saturated carbocycles. The highest BCUT2D eigenvalue weighted by Gasteiger charge is 2.27. The zero-order valence-electron chi connectivity index (χ0n) is 17.5. The maximum atomic E-state index is 12.6. The lowest BCUT2D eigenvalue weighted by Gasteiger charge is -2.28. The van der Waals surface area contributed by atoms with Gasteiger partial charge in [0.1, 0.15) is 4.70 Å². The summed E-state index contributed by atoms with van der Waals surface area (Å²) in [7, 11) is 0. The van der Waals surface area contributed by atoms with Crippen molar-refractivity contribution in [2.24, 2.45) is 17.8 Å². The van der Waals surface area contributed by atoms with Gasteiger partial charge >= 0.3 is 5.69 Å². The summed E-state index contributed by atoms with van der Waals surface area (Å²) in [6.07, 6.45) is 8.10. The summed E-state index contributed by atoms with van der Waals surface area (Å²) in [5.74, 6) is 1.07. The Labute approximate surface area is 175 Å². The van der Waals surface area contributed by atoms with Crippen molar-refractivity contribution >= 4 is 27.5 Å². The Bertz CT molecular complexity index is 921. The van der Waals surface area contributed by atoms with Crippen LogP contribution in [0.3, 0.4) is 0 Å². The maximum absolute atomic E-state index is 12.6. The lowest BCUT2D eigenvalue weighted by molar-refractivity contribution is -0.126. The largest absolute Gasteiger partial charge is 0.356 e. The van der Waals surface area contributed by atoms with E-state index in [1.807, 2.05) is 5.38 Å². The van der Waals surface area contributed by atoms with E-state index in [1.165, 1.54) is 35.2 Å². The molecule has 160 valence electrons. The van der Waals surface area contributed by atoms with E-state index in [0.717, 1.165) is 38.6 Å². The number of aromatic amines is 1. The predicted molar refractivity (Wildman–Crippen MR) is 118 cm³/mol. The van der Waals surface area contributed by atoms with Crippen molar-refractivity contribution in [1.29, 1.82) is 0 Å². The maximum Gasteiger partial charge on any atom is 0.328 e. The van der Waals surface area contributed by atoms with Gasteiger partial charge < -0.3 is 10.3 Å². The molecule has 2 aromatic rings. The minimum Gasteiger partial charge on any atom is -0.356 e. The van der Waals surface area contributed by atoms with E-state index in [4.69, 9.17) is 0 Å². The van der Waals surface area contributed by atoms with E-state index in [2.05, 4.69) is 24.1 Å². The van der Waals surface area contributed by atoms with Gasteiger partial charge in [-0.1, -0.05) is 33.1 Å². The molecule has 29 heavy (non-hydrogen) atoms. The number of aromatic nitrogens is 2. The normalized spacial score (nSPS) is 20.6. The van der Waals surface area contributed by atoms with Crippen LogP contribution in [0, 0.1) is 17.8 Å². The van der Waals surface area contributed by atoms with Crippen molar-refractivity contribution in [3.63, 3.8) is 0 Å². The average Bonchev–Trinajstić information content (AvgIpc) is 3.20. The molecule has 1 aliphatic carbocycles. The second-order valence-electron chi connectivity index (χ2n) is 8.39. The third-order valence-electron chi connectivity index (χ3n) is 6.36. The Hall–Kier alpha value is -1.89. The molecule has 0 saturated heterocycles. The number of hydrogen-bond donors (Lipinski definition) is 2. The van der Waals surface area contributed by atoms with Crippen molar-refractivity contribution in [2.75, 3.05) is 6.54 Å². The van der Waals surface area contributed by atoms with Crippen molar-refractivity contribution < 1.29 is 4.79 Å². The van der Waals surface area contributed by atoms with Gasteiger partial charge in [-0.25, -0.2) is 4.79 Å². The van der Waals surface area contributed by atoms with Crippen LogP contribution in [0.5, 0.6) is 0 Å². The van der Waals surface area contributed by atoms with Gasteiger partial charge in [-0.05, 0) is 55.4 Å². The Morgan fingerprint density at radius 3 is 2.72 bits per heavy atom. The SMILES string of the molecule is CCCC[C@H](CC)CNC(=O)C1CCC(Cn2c(=O)[nH]c3ccsc3c2=O)CC1. The topological polar surface area (TPSA) is 84.0 Å². The molecular formula is C22H33N3O3S. The first-order valence-electron chi connectivity index (χ1n) is 11.0. The quantitative estimate of drug-likeness (QED) is 0.647. The van der Waals surface area contributed by atoms with Gasteiger partial charge in [-0.2, -0.15) is 0 Å². The van der Waals surface area contributed by atoms with Gasteiger partial charge in [0.05, 0.1) is 5.52 Å². The highest BCUT2D eigenvalue weighted by Crippen LogP contribution is 2.30. The first-order valence-corrected chi connectivity index (χ1v) is 11.9. The van der Waals surface area contributed by atoms with Crippen LogP contribution in [-0.4, -0.2) is 22.0 Å². The van der Waals surface area contributed by atoms with Crippen LogP contribution in [0.1, 0.15) is 65.2 Å². The van der Waals surface area contributed by atoms with Crippen LogP contribution < -0.4 is 16.6 Å². The molecule has 1 aliphatic rings. The van der Waals surface area contributed by atoms with Crippen LogP contribution in [0.15, 0.2) is 21.0 Å². The number of H-pyrrole nitrogens is 1. The summed E-state index contributed by atoms with van der Waals surface area (Å²) in [6.45, 7) is 5.60. The summed E-state index contributed by atoms with van der Waals surface area (Å²) < 4.78 is 1.94. The number of thiophene rings is 1. The molecule has 0 unspecified atom stereocenters. The van der Waals surface area contributed by atoms with Crippen LogP contribution in [0.25, 0.3) is 10.2 Å². The van der Waals surface area contributed by atoms with Gasteiger partial charge in [0.15, 0.2) is 0 Å². The van der Waals surface area contributed by atoms with Crippen LogP contribution >= 0.6 is 11.3 Å². The monoisotopic (exact) mass is 419 g/mol. The molecule has 3 rings (SSSR count). The molecule has 6 nitrogen and oxygen atoms in total. The first kappa shape index (κ1) is 21.8. The molecule has 2 N–H and O–H groups in total. The fraction of sp³-hybridized carbons (Fsp3) is 0.682. The number of rotatable bonds is 9. The van der Waals surface area contributed by atoms with Crippen molar-refractivity contribution in [3.8, 4) is 0 Å². The van der Waals surface area contributed by atoms with Crippen LogP contribution in [0.2, 0.25) is 0 Å². The van der Waals surface area contributed by atoms with Gasteiger partial charge in [0.25, 0.3) is 5.56 Å². The zero-order valence-corrected chi connectivity index (χ0v) is 18.4. The van der Waals surface area contributed by atoms with Crippen LogP contribution in [0.4, 0.5) is 0 Å². The van der Waals surface area contributed by atoms with Crippen LogP contribution in [-0.2, 0) is 11.3 Å². The molecule has 0 radical (unpaired) electrons. The molecule has 7 heteroatoms. The van der Waals surface area contributed by atoms with E-state index >= 15 is 0 Å². The molecule has 1 amide bonds. The van der Waals surface area contributed by atoms with Crippen molar-refractivity contribution in [1.82, 2.24) is 14.9 Å². The smallest absolute Gasteiger partial charge is 0.328 e. The molecule has 0 spiro atoms. The van der Waals surface area contributed by atoms with E-state index in [0.29, 0.717) is 22.7 Å². The third kappa shape index (κ3) is 5.38. The molecule has 0 aliphatic heterocycles. The standard InChI is InChI=1S/C22H33N3O3S/c1-3-5-6-15(4-2)13-23-20(26)17-9-7-16(8-10-17)14-25-21(27)19-18(11-12-29-19)24-22(25)28/h11-12,15-17H,3-10,13-14H2,1-2H3,(H,23,26)(H,24,28)/t15-,16?,17?/m0/s1. The molecule has 1 atom stereocenters. The number of nitrogens with one attached hydrogen (secondary N) is 2. The summed E-state index contributed by atoms with van der Waals surface area (Å²) >= 11 is 1.36. The van der Waals surface area contributed by atoms with E-state index in [1.54, 1.807) is 6.07 Å². The van der Waals surface area contributed by atoms with Gasteiger partial charge in [0.2, 0.25) is 5.91 Å². The first-order chi connectivity index (χ1) is 14.0. The average molecular weight is 420 g/mol. The number of hydrogen-bond acceptors (Lipinski definition) is 4. The Morgan fingerprint density at radius 2 is 2.03 bits per heavy atom. The zero-order chi connectivity index (χ0) is 20.8. The summed E-state index contributed by atoms with van der Waals surface area (Å²) in [5, 5.41) is 4.99. The Morgan fingerprint density at radius 1 is 1.28 bits per heavy atom. The predicted octanol–water partition coefficient (Wildman–Crippen LogP) is 3.89. The number of carbonyl (C=O) groups excluding carboxylic acids is 1.